The number of esters is 1. The van der Waals surface area contributed by atoms with Crippen LogP contribution in [0.5, 0.6) is 5.75 Å². The van der Waals surface area contributed by atoms with Crippen molar-refractivity contribution in [1.29, 1.82) is 0 Å². The molecule has 0 unspecified atom stereocenters. The fourth-order valence-electron chi connectivity index (χ4n) is 2.04. The summed E-state index contributed by atoms with van der Waals surface area (Å²) in [6.07, 6.45) is 1.73. The van der Waals surface area contributed by atoms with Crippen molar-refractivity contribution in [2.24, 2.45) is 0 Å². The van der Waals surface area contributed by atoms with E-state index in [2.05, 4.69) is 0 Å². The molecule has 96 valence electrons. The van der Waals surface area contributed by atoms with Gasteiger partial charge >= 0.3 is 5.97 Å². The van der Waals surface area contributed by atoms with Crippen LogP contribution in [0, 0.1) is 13.8 Å². The Morgan fingerprint density at radius 1 is 1.44 bits per heavy atom. The number of furan rings is 1. The van der Waals surface area contributed by atoms with Gasteiger partial charge in [-0.1, -0.05) is 0 Å². The van der Waals surface area contributed by atoms with Gasteiger partial charge in [-0.3, -0.25) is 4.79 Å². The molecule has 0 radical (unpaired) electrons. The Labute approximate surface area is 105 Å². The van der Waals surface area contributed by atoms with E-state index < -0.39 is 0 Å². The van der Waals surface area contributed by atoms with Crippen LogP contribution >= 0.6 is 0 Å². The SMILES string of the molecule is CCOC(=O)Cc1coc2c(C)c(O)c(C)cc12. The van der Waals surface area contributed by atoms with Crippen LogP contribution in [0.3, 0.4) is 0 Å². The van der Waals surface area contributed by atoms with Crippen LogP contribution in [0.4, 0.5) is 0 Å². The second-order valence-corrected chi connectivity index (χ2v) is 4.29. The molecule has 0 atom stereocenters. The summed E-state index contributed by atoms with van der Waals surface area (Å²) >= 11 is 0. The first-order chi connectivity index (χ1) is 8.54. The molecule has 0 aliphatic carbocycles. The molecule has 0 amide bonds. The quantitative estimate of drug-likeness (QED) is 0.848. The maximum Gasteiger partial charge on any atom is 0.310 e. The molecular formula is C14H16O4. The van der Waals surface area contributed by atoms with Crippen molar-refractivity contribution in [2.45, 2.75) is 27.2 Å². The smallest absolute Gasteiger partial charge is 0.310 e. The Morgan fingerprint density at radius 2 is 2.17 bits per heavy atom. The van der Waals surface area contributed by atoms with Crippen molar-refractivity contribution in [3.63, 3.8) is 0 Å². The van der Waals surface area contributed by atoms with Gasteiger partial charge in [0.25, 0.3) is 0 Å². The van der Waals surface area contributed by atoms with Gasteiger partial charge in [0.05, 0.1) is 19.3 Å². The Balaban J connectivity index is 2.45. The van der Waals surface area contributed by atoms with Crippen molar-refractivity contribution in [3.05, 3.63) is 29.0 Å². The number of rotatable bonds is 3. The van der Waals surface area contributed by atoms with E-state index in [1.54, 1.807) is 20.1 Å². The second kappa shape index (κ2) is 4.72. The molecule has 1 aromatic carbocycles. The molecule has 0 fully saturated rings. The first-order valence-corrected chi connectivity index (χ1v) is 5.89. The predicted molar refractivity (Wildman–Crippen MR) is 67.7 cm³/mol. The largest absolute Gasteiger partial charge is 0.507 e. The molecule has 18 heavy (non-hydrogen) atoms. The van der Waals surface area contributed by atoms with Crippen LogP contribution in [0.2, 0.25) is 0 Å². The Bertz CT molecular complexity index is 595. The minimum absolute atomic E-state index is 0.185. The number of phenols is 1. The minimum Gasteiger partial charge on any atom is -0.507 e. The first-order valence-electron chi connectivity index (χ1n) is 5.89. The molecule has 1 aromatic heterocycles. The molecule has 0 spiro atoms. The van der Waals surface area contributed by atoms with Crippen LogP contribution in [0.1, 0.15) is 23.6 Å². The number of carbonyl (C=O) groups is 1. The first kappa shape index (κ1) is 12.5. The van der Waals surface area contributed by atoms with Gasteiger partial charge in [0, 0.05) is 16.5 Å². The third-order valence-electron chi connectivity index (χ3n) is 2.98. The Kier molecular flexibility index (Phi) is 3.28. The van der Waals surface area contributed by atoms with Crippen LogP contribution in [-0.4, -0.2) is 17.7 Å². The molecule has 4 heteroatoms. The van der Waals surface area contributed by atoms with Crippen LogP contribution in [0.15, 0.2) is 16.7 Å². The topological polar surface area (TPSA) is 59.7 Å². The maximum atomic E-state index is 11.5. The molecule has 0 aliphatic rings. The lowest BCUT2D eigenvalue weighted by Crippen LogP contribution is -2.06. The van der Waals surface area contributed by atoms with E-state index in [1.807, 2.05) is 13.0 Å². The average molecular weight is 248 g/mol. The molecule has 0 aliphatic heterocycles. The summed E-state index contributed by atoms with van der Waals surface area (Å²) in [5.41, 5.74) is 2.87. The molecule has 0 bridgehead atoms. The van der Waals surface area contributed by atoms with Gasteiger partial charge in [-0.2, -0.15) is 0 Å². The fourth-order valence-corrected chi connectivity index (χ4v) is 2.04. The summed E-state index contributed by atoms with van der Waals surface area (Å²) in [7, 11) is 0. The van der Waals surface area contributed by atoms with Crippen molar-refractivity contribution < 1.29 is 19.1 Å². The van der Waals surface area contributed by atoms with Gasteiger partial charge in [-0.15, -0.1) is 0 Å². The molecule has 0 saturated carbocycles. The zero-order valence-electron chi connectivity index (χ0n) is 10.7. The number of phenolic OH excluding ortho intramolecular Hbond substituents is 1. The van der Waals surface area contributed by atoms with Crippen molar-refractivity contribution in [2.75, 3.05) is 6.61 Å². The summed E-state index contributed by atoms with van der Waals surface area (Å²) in [5.74, 6) is -0.0388. The summed E-state index contributed by atoms with van der Waals surface area (Å²) in [6, 6.07) is 1.83. The number of benzene rings is 1. The zero-order chi connectivity index (χ0) is 13.3. The highest BCUT2D eigenvalue weighted by Gasteiger charge is 2.15. The monoisotopic (exact) mass is 248 g/mol. The lowest BCUT2D eigenvalue weighted by Gasteiger charge is -2.04. The number of fused-ring (bicyclic) bond motifs is 1. The van der Waals surface area contributed by atoms with Crippen molar-refractivity contribution in [1.82, 2.24) is 0 Å². The van der Waals surface area contributed by atoms with E-state index in [9.17, 15) is 9.90 Å². The lowest BCUT2D eigenvalue weighted by molar-refractivity contribution is -0.142. The zero-order valence-corrected chi connectivity index (χ0v) is 10.7. The van der Waals surface area contributed by atoms with Crippen molar-refractivity contribution >= 4 is 16.9 Å². The van der Waals surface area contributed by atoms with Crippen LogP contribution in [0.25, 0.3) is 11.0 Å². The standard InChI is InChI=1S/C14H16O4/c1-4-17-12(15)6-10-7-18-14-9(3)13(16)8(2)5-11(10)14/h5,7,16H,4,6H2,1-3H3. The van der Waals surface area contributed by atoms with Crippen molar-refractivity contribution in [3.8, 4) is 5.75 Å². The highest BCUT2D eigenvalue weighted by atomic mass is 16.5. The Morgan fingerprint density at radius 3 is 2.83 bits per heavy atom. The summed E-state index contributed by atoms with van der Waals surface area (Å²) in [6.45, 7) is 5.76. The molecule has 2 aromatic rings. The van der Waals surface area contributed by atoms with E-state index in [-0.39, 0.29) is 18.1 Å². The average Bonchev–Trinajstić information content (AvgIpc) is 2.70. The number of hydrogen-bond donors (Lipinski definition) is 1. The van der Waals surface area contributed by atoms with Gasteiger partial charge in [0.2, 0.25) is 0 Å². The van der Waals surface area contributed by atoms with Gasteiger partial charge in [-0.25, -0.2) is 0 Å². The molecule has 1 heterocycles. The van der Waals surface area contributed by atoms with Crippen LogP contribution < -0.4 is 0 Å². The number of aromatic hydroxyl groups is 1. The normalized spacial score (nSPS) is 10.8. The predicted octanol–water partition coefficient (Wildman–Crippen LogP) is 2.86. The van der Waals surface area contributed by atoms with Gasteiger partial charge < -0.3 is 14.3 Å². The summed E-state index contributed by atoms with van der Waals surface area (Å²) < 4.78 is 10.3. The highest BCUT2D eigenvalue weighted by molar-refractivity contribution is 5.89. The van der Waals surface area contributed by atoms with E-state index in [0.29, 0.717) is 17.8 Å². The molecule has 2 rings (SSSR count). The Hall–Kier alpha value is -1.97. The maximum absolute atomic E-state index is 11.5. The third-order valence-corrected chi connectivity index (χ3v) is 2.98. The van der Waals surface area contributed by atoms with Gasteiger partial charge in [-0.05, 0) is 32.4 Å². The molecule has 4 nitrogen and oxygen atoms in total. The summed E-state index contributed by atoms with van der Waals surface area (Å²) in [4.78, 5) is 11.5. The third kappa shape index (κ3) is 2.06. The van der Waals surface area contributed by atoms with E-state index in [1.165, 1.54) is 0 Å². The second-order valence-electron chi connectivity index (χ2n) is 4.29. The number of carbonyl (C=O) groups excluding carboxylic acids is 1. The minimum atomic E-state index is -0.274. The lowest BCUT2D eigenvalue weighted by atomic mass is 10.0. The van der Waals surface area contributed by atoms with Crippen LogP contribution in [-0.2, 0) is 16.0 Å². The fraction of sp³-hybridized carbons (Fsp3) is 0.357. The number of hydrogen-bond acceptors (Lipinski definition) is 4. The molecule has 1 N–H and O–H groups in total. The number of ether oxygens (including phenoxy) is 1. The molecule has 0 saturated heterocycles. The van der Waals surface area contributed by atoms with E-state index in [4.69, 9.17) is 9.15 Å². The number of aryl methyl sites for hydroxylation is 2. The van der Waals surface area contributed by atoms with E-state index in [0.717, 1.165) is 16.5 Å². The summed E-state index contributed by atoms with van der Waals surface area (Å²) in [5, 5.41) is 10.7. The van der Waals surface area contributed by atoms with E-state index >= 15 is 0 Å². The van der Waals surface area contributed by atoms with Gasteiger partial charge in [0.1, 0.15) is 11.3 Å². The highest BCUT2D eigenvalue weighted by Crippen LogP contribution is 2.33. The van der Waals surface area contributed by atoms with Gasteiger partial charge in [0.15, 0.2) is 0 Å². The molecular weight excluding hydrogens is 232 g/mol.